The fraction of sp³-hybridized carbons (Fsp3) is 0.174. The smallest absolute Gasteiger partial charge is 0.261 e. The van der Waals surface area contributed by atoms with E-state index in [0.717, 1.165) is 17.1 Å². The lowest BCUT2D eigenvalue weighted by atomic mass is 10.2. The van der Waals surface area contributed by atoms with Gasteiger partial charge < -0.3 is 5.32 Å². The van der Waals surface area contributed by atoms with E-state index >= 15 is 0 Å². The summed E-state index contributed by atoms with van der Waals surface area (Å²) in [6, 6.07) is 23.3. The summed E-state index contributed by atoms with van der Waals surface area (Å²) in [5.74, 6) is 1.37. The van der Waals surface area contributed by atoms with Gasteiger partial charge in [-0.1, -0.05) is 54.1 Å². The van der Waals surface area contributed by atoms with Crippen LogP contribution in [-0.2, 0) is 15.8 Å². The highest BCUT2D eigenvalue weighted by molar-refractivity contribution is 7.98. The van der Waals surface area contributed by atoms with E-state index in [2.05, 4.69) is 22.2 Å². The first-order valence-electron chi connectivity index (χ1n) is 9.53. The molecule has 3 aromatic carbocycles. The van der Waals surface area contributed by atoms with Gasteiger partial charge in [0, 0.05) is 29.3 Å². The number of anilines is 1. The standard InChI is InChI=1S/C23H24N2O3S2/c1-18-10-12-21(13-11-18)25-30(27,28)22-9-5-8-20(16-22)23(26)24-14-15-29-17-19-6-3-2-4-7-19/h2-13,16,25H,14-15,17H2,1H3,(H,24,26). The molecule has 2 N–H and O–H groups in total. The maximum Gasteiger partial charge on any atom is 0.261 e. The van der Waals surface area contributed by atoms with E-state index in [1.165, 1.54) is 17.7 Å². The first-order chi connectivity index (χ1) is 14.4. The Morgan fingerprint density at radius 1 is 0.933 bits per heavy atom. The number of hydrogen-bond donors (Lipinski definition) is 2. The van der Waals surface area contributed by atoms with Crippen LogP contribution in [0, 0.1) is 6.92 Å². The summed E-state index contributed by atoms with van der Waals surface area (Å²) in [5, 5.41) is 2.84. The fourth-order valence-corrected chi connectivity index (χ4v) is 4.67. The van der Waals surface area contributed by atoms with Crippen LogP contribution in [0.2, 0.25) is 0 Å². The third-order valence-electron chi connectivity index (χ3n) is 4.35. The average Bonchev–Trinajstić information content (AvgIpc) is 2.76. The molecule has 0 saturated heterocycles. The third-order valence-corrected chi connectivity index (χ3v) is 6.76. The molecule has 0 heterocycles. The molecule has 7 heteroatoms. The number of nitrogens with one attached hydrogen (secondary N) is 2. The number of rotatable bonds is 9. The molecule has 5 nitrogen and oxygen atoms in total. The highest BCUT2D eigenvalue weighted by Crippen LogP contribution is 2.18. The molecule has 0 aliphatic rings. The van der Waals surface area contributed by atoms with Gasteiger partial charge in [0.25, 0.3) is 15.9 Å². The molecule has 0 spiro atoms. The summed E-state index contributed by atoms with van der Waals surface area (Å²) >= 11 is 1.73. The Morgan fingerprint density at radius 3 is 2.40 bits per heavy atom. The van der Waals surface area contributed by atoms with Gasteiger partial charge in [0.15, 0.2) is 0 Å². The number of carbonyl (C=O) groups is 1. The number of benzene rings is 3. The molecular formula is C23H24N2O3S2. The second-order valence-corrected chi connectivity index (χ2v) is 9.58. The van der Waals surface area contributed by atoms with Gasteiger partial charge in [0.1, 0.15) is 0 Å². The number of sulfonamides is 1. The molecule has 0 aromatic heterocycles. The molecule has 0 aliphatic carbocycles. The maximum atomic E-state index is 12.6. The fourth-order valence-electron chi connectivity index (χ4n) is 2.74. The number of thioether (sulfide) groups is 1. The highest BCUT2D eigenvalue weighted by atomic mass is 32.2. The van der Waals surface area contributed by atoms with E-state index in [1.54, 1.807) is 36.0 Å². The van der Waals surface area contributed by atoms with Crippen LogP contribution in [0.5, 0.6) is 0 Å². The van der Waals surface area contributed by atoms with Crippen LogP contribution in [0.15, 0.2) is 83.8 Å². The van der Waals surface area contributed by atoms with E-state index in [-0.39, 0.29) is 10.8 Å². The molecule has 1 amide bonds. The lowest BCUT2D eigenvalue weighted by Crippen LogP contribution is -2.26. The summed E-state index contributed by atoms with van der Waals surface area (Å²) in [7, 11) is -3.78. The van der Waals surface area contributed by atoms with Crippen molar-refractivity contribution in [3.63, 3.8) is 0 Å². The molecule has 0 atom stereocenters. The predicted molar refractivity (Wildman–Crippen MR) is 123 cm³/mol. The minimum absolute atomic E-state index is 0.0502. The van der Waals surface area contributed by atoms with Crippen LogP contribution in [0.3, 0.4) is 0 Å². The Hall–Kier alpha value is -2.77. The van der Waals surface area contributed by atoms with Crippen molar-refractivity contribution in [1.82, 2.24) is 5.32 Å². The number of carbonyl (C=O) groups excluding carboxylic acids is 1. The summed E-state index contributed by atoms with van der Waals surface area (Å²) in [6.07, 6.45) is 0. The van der Waals surface area contributed by atoms with Crippen LogP contribution in [0.4, 0.5) is 5.69 Å². The van der Waals surface area contributed by atoms with E-state index in [0.29, 0.717) is 17.8 Å². The molecule has 0 fully saturated rings. The Bertz CT molecular complexity index is 1080. The van der Waals surface area contributed by atoms with Crippen LogP contribution in [0.25, 0.3) is 0 Å². The molecule has 0 bridgehead atoms. The van der Waals surface area contributed by atoms with Gasteiger partial charge >= 0.3 is 0 Å². The molecule has 0 unspecified atom stereocenters. The Kier molecular flexibility index (Phi) is 7.54. The normalized spacial score (nSPS) is 11.1. The van der Waals surface area contributed by atoms with Crippen LogP contribution in [-0.4, -0.2) is 26.6 Å². The lowest BCUT2D eigenvalue weighted by molar-refractivity contribution is 0.0956. The molecule has 3 rings (SSSR count). The highest BCUT2D eigenvalue weighted by Gasteiger charge is 2.16. The Balaban J connectivity index is 1.54. The number of hydrogen-bond acceptors (Lipinski definition) is 4. The molecule has 30 heavy (non-hydrogen) atoms. The van der Waals surface area contributed by atoms with Crippen molar-refractivity contribution in [3.05, 3.63) is 95.6 Å². The largest absolute Gasteiger partial charge is 0.351 e. The van der Waals surface area contributed by atoms with Crippen molar-refractivity contribution in [2.75, 3.05) is 17.0 Å². The average molecular weight is 441 g/mol. The third kappa shape index (κ3) is 6.37. The monoisotopic (exact) mass is 440 g/mol. The molecule has 156 valence electrons. The second kappa shape index (κ2) is 10.3. The summed E-state index contributed by atoms with van der Waals surface area (Å²) in [5.41, 5.74) is 3.08. The zero-order valence-corrected chi connectivity index (χ0v) is 18.3. The Morgan fingerprint density at radius 2 is 1.67 bits per heavy atom. The summed E-state index contributed by atoms with van der Waals surface area (Å²) in [6.45, 7) is 2.44. The first-order valence-corrected chi connectivity index (χ1v) is 12.2. The van der Waals surface area contributed by atoms with Gasteiger partial charge in [-0.05, 0) is 42.8 Å². The Labute approximate surface area is 182 Å². The van der Waals surface area contributed by atoms with Crippen molar-refractivity contribution in [2.24, 2.45) is 0 Å². The van der Waals surface area contributed by atoms with Crippen LogP contribution < -0.4 is 10.0 Å². The van der Waals surface area contributed by atoms with Crippen LogP contribution >= 0.6 is 11.8 Å². The minimum Gasteiger partial charge on any atom is -0.351 e. The number of aryl methyl sites for hydroxylation is 1. The van der Waals surface area contributed by atoms with E-state index in [9.17, 15) is 13.2 Å². The van der Waals surface area contributed by atoms with Crippen molar-refractivity contribution < 1.29 is 13.2 Å². The molecule has 0 aliphatic heterocycles. The zero-order chi connectivity index (χ0) is 21.4. The zero-order valence-electron chi connectivity index (χ0n) is 16.7. The molecule has 0 radical (unpaired) electrons. The van der Waals surface area contributed by atoms with Gasteiger partial charge in [-0.15, -0.1) is 0 Å². The first kappa shape index (κ1) is 21.9. The van der Waals surface area contributed by atoms with Crippen molar-refractivity contribution in [3.8, 4) is 0 Å². The molecular weight excluding hydrogens is 416 g/mol. The van der Waals surface area contributed by atoms with Gasteiger partial charge in [-0.2, -0.15) is 11.8 Å². The lowest BCUT2D eigenvalue weighted by Gasteiger charge is -2.10. The van der Waals surface area contributed by atoms with Gasteiger partial charge in [0.2, 0.25) is 0 Å². The van der Waals surface area contributed by atoms with Crippen molar-refractivity contribution in [1.29, 1.82) is 0 Å². The van der Waals surface area contributed by atoms with Crippen LogP contribution in [0.1, 0.15) is 21.5 Å². The molecule has 0 saturated carbocycles. The predicted octanol–water partition coefficient (Wildman–Crippen LogP) is 4.46. The van der Waals surface area contributed by atoms with E-state index < -0.39 is 10.0 Å². The topological polar surface area (TPSA) is 75.3 Å². The number of amides is 1. The summed E-state index contributed by atoms with van der Waals surface area (Å²) < 4.78 is 27.8. The maximum absolute atomic E-state index is 12.6. The van der Waals surface area contributed by atoms with Crippen molar-refractivity contribution in [2.45, 2.75) is 17.6 Å². The second-order valence-electron chi connectivity index (χ2n) is 6.79. The SMILES string of the molecule is Cc1ccc(NS(=O)(=O)c2cccc(C(=O)NCCSCc3ccccc3)c2)cc1. The van der Waals surface area contributed by atoms with Gasteiger partial charge in [-0.25, -0.2) is 8.42 Å². The van der Waals surface area contributed by atoms with Gasteiger partial charge in [-0.3, -0.25) is 9.52 Å². The minimum atomic E-state index is -3.78. The van der Waals surface area contributed by atoms with Gasteiger partial charge in [0.05, 0.1) is 4.90 Å². The molecule has 3 aromatic rings. The van der Waals surface area contributed by atoms with Crippen molar-refractivity contribution >= 4 is 33.4 Å². The summed E-state index contributed by atoms with van der Waals surface area (Å²) in [4.78, 5) is 12.5. The quantitative estimate of drug-likeness (QED) is 0.482. The van der Waals surface area contributed by atoms with E-state index in [4.69, 9.17) is 0 Å². The van der Waals surface area contributed by atoms with E-state index in [1.807, 2.05) is 37.3 Å².